The van der Waals surface area contributed by atoms with Gasteiger partial charge >= 0.3 is 0 Å². The van der Waals surface area contributed by atoms with Gasteiger partial charge in [0, 0.05) is 6.07 Å². The molecule has 2 aromatic carbocycles. The van der Waals surface area contributed by atoms with E-state index in [1.54, 1.807) is 18.2 Å². The van der Waals surface area contributed by atoms with Crippen LogP contribution in [0.5, 0.6) is 11.5 Å². The summed E-state index contributed by atoms with van der Waals surface area (Å²) in [6.45, 7) is 1.84. The smallest absolute Gasteiger partial charge is 0.144 e. The Morgan fingerprint density at radius 3 is 2.74 bits per heavy atom. The molecule has 0 aliphatic rings. The van der Waals surface area contributed by atoms with Crippen LogP contribution in [0.3, 0.4) is 0 Å². The van der Waals surface area contributed by atoms with Crippen molar-refractivity contribution >= 4 is 21.8 Å². The number of nitrogens with one attached hydrogen (secondary N) is 1. The van der Waals surface area contributed by atoms with Gasteiger partial charge in [-0.25, -0.2) is 4.39 Å². The third kappa shape index (κ3) is 2.93. The van der Waals surface area contributed by atoms with Gasteiger partial charge in [-0.3, -0.25) is 5.41 Å². The molecular weight excluding hydrogens is 311 g/mol. The Morgan fingerprint density at radius 2 is 2.05 bits per heavy atom. The predicted molar refractivity (Wildman–Crippen MR) is 76.4 cm³/mol. The minimum absolute atomic E-state index is 0.0915. The summed E-state index contributed by atoms with van der Waals surface area (Å²) in [6.07, 6.45) is 0. The zero-order chi connectivity index (χ0) is 14.0. The van der Waals surface area contributed by atoms with Crippen LogP contribution >= 0.6 is 15.9 Å². The maximum Gasteiger partial charge on any atom is 0.144 e. The van der Waals surface area contributed by atoms with Crippen LogP contribution in [0.25, 0.3) is 0 Å². The number of ether oxygens (including phenoxy) is 1. The molecule has 0 saturated carbocycles. The van der Waals surface area contributed by atoms with Gasteiger partial charge in [0.1, 0.15) is 23.2 Å². The third-order valence-corrected chi connectivity index (χ3v) is 3.26. The highest BCUT2D eigenvalue weighted by molar-refractivity contribution is 9.10. The Balaban J connectivity index is 2.49. The molecule has 0 radical (unpaired) electrons. The minimum Gasteiger partial charge on any atom is -0.455 e. The monoisotopic (exact) mass is 322 g/mol. The van der Waals surface area contributed by atoms with E-state index in [1.807, 2.05) is 13.0 Å². The van der Waals surface area contributed by atoms with E-state index >= 15 is 0 Å². The van der Waals surface area contributed by atoms with Gasteiger partial charge in [-0.1, -0.05) is 12.1 Å². The average Bonchev–Trinajstić information content (AvgIpc) is 2.35. The number of nitrogen functional groups attached to an aromatic ring is 1. The Labute approximate surface area is 118 Å². The minimum atomic E-state index is -0.392. The summed E-state index contributed by atoms with van der Waals surface area (Å²) in [6, 6.07) is 9.50. The van der Waals surface area contributed by atoms with E-state index in [9.17, 15) is 4.39 Å². The molecule has 0 atom stereocenters. The Kier molecular flexibility index (Phi) is 3.85. The second-order valence-corrected chi connectivity index (χ2v) is 4.90. The molecule has 0 unspecified atom stereocenters. The lowest BCUT2D eigenvalue weighted by Crippen LogP contribution is -2.12. The van der Waals surface area contributed by atoms with Crippen molar-refractivity contribution in [1.82, 2.24) is 0 Å². The fourth-order valence-corrected chi connectivity index (χ4v) is 1.99. The predicted octanol–water partition coefficient (Wildman–Crippen LogP) is 3.97. The van der Waals surface area contributed by atoms with E-state index in [2.05, 4.69) is 15.9 Å². The van der Waals surface area contributed by atoms with Crippen molar-refractivity contribution in [3.8, 4) is 11.5 Å². The quantitative estimate of drug-likeness (QED) is 0.663. The van der Waals surface area contributed by atoms with Crippen LogP contribution < -0.4 is 10.5 Å². The molecular formula is C14H12BrFN2O. The molecule has 0 aromatic heterocycles. The number of aryl methyl sites for hydroxylation is 1. The lowest BCUT2D eigenvalue weighted by atomic mass is 10.1. The lowest BCUT2D eigenvalue weighted by Gasteiger charge is -2.14. The Bertz CT molecular complexity index is 643. The highest BCUT2D eigenvalue weighted by atomic mass is 79.9. The van der Waals surface area contributed by atoms with Crippen LogP contribution in [-0.2, 0) is 0 Å². The number of benzene rings is 2. The van der Waals surface area contributed by atoms with Crippen LogP contribution in [0.1, 0.15) is 11.1 Å². The highest BCUT2D eigenvalue weighted by Crippen LogP contribution is 2.33. The molecule has 0 spiro atoms. The molecule has 0 saturated heterocycles. The summed E-state index contributed by atoms with van der Waals surface area (Å²) in [7, 11) is 0. The molecule has 0 aliphatic heterocycles. The second kappa shape index (κ2) is 5.40. The highest BCUT2D eigenvalue weighted by Gasteiger charge is 2.12. The van der Waals surface area contributed by atoms with E-state index in [0.717, 1.165) is 5.56 Å². The average molecular weight is 323 g/mol. The summed E-state index contributed by atoms with van der Waals surface area (Å²) < 4.78 is 19.6. The van der Waals surface area contributed by atoms with Gasteiger partial charge < -0.3 is 10.5 Å². The number of hydrogen-bond acceptors (Lipinski definition) is 2. The third-order valence-electron chi connectivity index (χ3n) is 2.61. The van der Waals surface area contributed by atoms with Crippen molar-refractivity contribution in [1.29, 1.82) is 5.41 Å². The van der Waals surface area contributed by atoms with Gasteiger partial charge in [-0.2, -0.15) is 0 Å². The van der Waals surface area contributed by atoms with E-state index in [4.69, 9.17) is 15.9 Å². The topological polar surface area (TPSA) is 59.1 Å². The first kappa shape index (κ1) is 13.5. The van der Waals surface area contributed by atoms with Crippen molar-refractivity contribution in [2.45, 2.75) is 6.92 Å². The molecule has 0 fully saturated rings. The number of amidine groups is 1. The Hall–Kier alpha value is -1.88. The van der Waals surface area contributed by atoms with Crippen molar-refractivity contribution < 1.29 is 9.13 Å². The zero-order valence-electron chi connectivity index (χ0n) is 10.2. The standard InChI is InChI=1S/C14H12BrFN2O/c1-8-3-2-4-10(14(17)18)13(8)19-12-7-9(16)5-6-11(12)15/h2-7H,1H3,(H3,17,18). The first-order chi connectivity index (χ1) is 8.99. The zero-order valence-corrected chi connectivity index (χ0v) is 11.8. The normalized spacial score (nSPS) is 10.3. The van der Waals surface area contributed by atoms with Crippen LogP contribution in [0.2, 0.25) is 0 Å². The summed E-state index contributed by atoms with van der Waals surface area (Å²) in [5.41, 5.74) is 6.83. The van der Waals surface area contributed by atoms with Gasteiger partial charge in [0.25, 0.3) is 0 Å². The lowest BCUT2D eigenvalue weighted by molar-refractivity contribution is 0.469. The van der Waals surface area contributed by atoms with Crippen molar-refractivity contribution in [3.63, 3.8) is 0 Å². The number of halogens is 2. The maximum absolute atomic E-state index is 13.2. The molecule has 2 rings (SSSR count). The number of hydrogen-bond donors (Lipinski definition) is 2. The van der Waals surface area contributed by atoms with Crippen molar-refractivity contribution in [2.24, 2.45) is 5.73 Å². The molecule has 3 nitrogen and oxygen atoms in total. The van der Waals surface area contributed by atoms with Gasteiger partial charge in [0.2, 0.25) is 0 Å². The summed E-state index contributed by atoms with van der Waals surface area (Å²) in [5, 5.41) is 7.55. The van der Waals surface area contributed by atoms with Crippen molar-refractivity contribution in [3.05, 3.63) is 57.8 Å². The molecule has 0 heterocycles. The van der Waals surface area contributed by atoms with Crippen LogP contribution in [-0.4, -0.2) is 5.84 Å². The molecule has 0 aliphatic carbocycles. The fraction of sp³-hybridized carbons (Fsp3) is 0.0714. The number of nitrogens with two attached hydrogens (primary N) is 1. The van der Waals surface area contributed by atoms with E-state index in [0.29, 0.717) is 21.5 Å². The molecule has 2 aromatic rings. The molecule has 0 amide bonds. The summed E-state index contributed by atoms with van der Waals surface area (Å²) in [4.78, 5) is 0. The van der Waals surface area contributed by atoms with Gasteiger partial charge in [0.05, 0.1) is 10.0 Å². The first-order valence-corrected chi connectivity index (χ1v) is 6.35. The first-order valence-electron chi connectivity index (χ1n) is 5.56. The van der Waals surface area contributed by atoms with E-state index in [-0.39, 0.29) is 5.84 Å². The van der Waals surface area contributed by atoms with Gasteiger partial charge in [0.15, 0.2) is 0 Å². The number of para-hydroxylation sites is 1. The SMILES string of the molecule is Cc1cccc(C(=N)N)c1Oc1cc(F)ccc1Br. The van der Waals surface area contributed by atoms with E-state index < -0.39 is 5.82 Å². The Morgan fingerprint density at radius 1 is 1.32 bits per heavy atom. The van der Waals surface area contributed by atoms with Crippen LogP contribution in [0.4, 0.5) is 4.39 Å². The molecule has 0 bridgehead atoms. The fourth-order valence-electron chi connectivity index (χ4n) is 1.67. The van der Waals surface area contributed by atoms with Crippen LogP contribution in [0.15, 0.2) is 40.9 Å². The second-order valence-electron chi connectivity index (χ2n) is 4.04. The van der Waals surface area contributed by atoms with Gasteiger partial charge in [-0.05, 0) is 46.6 Å². The maximum atomic E-state index is 13.2. The van der Waals surface area contributed by atoms with Crippen LogP contribution in [0, 0.1) is 18.2 Å². The molecule has 3 N–H and O–H groups in total. The van der Waals surface area contributed by atoms with Gasteiger partial charge in [-0.15, -0.1) is 0 Å². The molecule has 98 valence electrons. The summed E-state index contributed by atoms with van der Waals surface area (Å²) >= 11 is 3.30. The van der Waals surface area contributed by atoms with E-state index in [1.165, 1.54) is 12.1 Å². The summed E-state index contributed by atoms with van der Waals surface area (Å²) in [5.74, 6) is 0.320. The molecule has 5 heteroatoms. The molecule has 19 heavy (non-hydrogen) atoms. The number of rotatable bonds is 3. The largest absolute Gasteiger partial charge is 0.455 e. The van der Waals surface area contributed by atoms with Crippen molar-refractivity contribution in [2.75, 3.05) is 0 Å².